The summed E-state index contributed by atoms with van der Waals surface area (Å²) in [4.78, 5) is 15.1. The molecule has 4 nitrogen and oxygen atoms in total. The van der Waals surface area contributed by atoms with Crippen molar-refractivity contribution in [1.29, 1.82) is 0 Å². The van der Waals surface area contributed by atoms with Gasteiger partial charge in [0.25, 0.3) is 0 Å². The van der Waals surface area contributed by atoms with Crippen LogP contribution in [0.25, 0.3) is 0 Å². The first-order valence-electron chi connectivity index (χ1n) is 11.2. The summed E-state index contributed by atoms with van der Waals surface area (Å²) in [6.45, 7) is 1.02. The van der Waals surface area contributed by atoms with Crippen molar-refractivity contribution < 1.29 is 9.18 Å². The molecule has 2 heterocycles. The van der Waals surface area contributed by atoms with Crippen molar-refractivity contribution in [3.05, 3.63) is 71.5 Å². The van der Waals surface area contributed by atoms with Crippen molar-refractivity contribution in [2.24, 2.45) is 5.73 Å². The third-order valence-corrected chi connectivity index (χ3v) is 6.73. The van der Waals surface area contributed by atoms with Gasteiger partial charge >= 0.3 is 0 Å². The van der Waals surface area contributed by atoms with E-state index in [2.05, 4.69) is 22.3 Å². The van der Waals surface area contributed by atoms with Gasteiger partial charge in [-0.15, -0.1) is 0 Å². The molecule has 0 aliphatic carbocycles. The molecular weight excluding hydrogens is 377 g/mol. The van der Waals surface area contributed by atoms with Gasteiger partial charge in [0.15, 0.2) is 0 Å². The van der Waals surface area contributed by atoms with E-state index in [1.165, 1.54) is 30.5 Å². The number of amides is 1. The number of carbonyl (C=O) groups excluding carboxylic acids is 1. The molecule has 2 unspecified atom stereocenters. The van der Waals surface area contributed by atoms with E-state index >= 15 is 0 Å². The van der Waals surface area contributed by atoms with Crippen molar-refractivity contribution in [2.45, 2.75) is 69.1 Å². The van der Waals surface area contributed by atoms with Crippen LogP contribution in [0.2, 0.25) is 0 Å². The van der Waals surface area contributed by atoms with Crippen LogP contribution >= 0.6 is 0 Å². The first-order chi connectivity index (χ1) is 14.6. The lowest BCUT2D eigenvalue weighted by Crippen LogP contribution is -2.50. The molecule has 2 aromatic rings. The van der Waals surface area contributed by atoms with Crippen molar-refractivity contribution in [3.63, 3.8) is 0 Å². The first-order valence-corrected chi connectivity index (χ1v) is 11.2. The van der Waals surface area contributed by atoms with Crippen LogP contribution in [0.4, 0.5) is 4.39 Å². The first kappa shape index (κ1) is 21.0. The summed E-state index contributed by atoms with van der Waals surface area (Å²) in [6.07, 6.45) is 6.55. The Morgan fingerprint density at radius 1 is 1.07 bits per heavy atom. The van der Waals surface area contributed by atoms with Crippen molar-refractivity contribution in [2.75, 3.05) is 6.54 Å². The van der Waals surface area contributed by atoms with Crippen molar-refractivity contribution >= 4 is 5.91 Å². The smallest absolute Gasteiger partial charge is 0.220 e. The second-order valence-electron chi connectivity index (χ2n) is 8.79. The Kier molecular flexibility index (Phi) is 6.80. The average Bonchev–Trinajstić information content (AvgIpc) is 3.00. The number of fused-ring (bicyclic) bond motifs is 2. The highest BCUT2D eigenvalue weighted by Gasteiger charge is 2.40. The Morgan fingerprint density at radius 3 is 2.40 bits per heavy atom. The van der Waals surface area contributed by atoms with Gasteiger partial charge in [-0.05, 0) is 61.8 Å². The number of nitrogens with two attached hydrogens (primary N) is 1. The molecule has 2 aromatic carbocycles. The molecule has 0 aromatic heterocycles. The van der Waals surface area contributed by atoms with E-state index in [9.17, 15) is 9.18 Å². The minimum Gasteiger partial charge on any atom is -0.353 e. The fourth-order valence-corrected chi connectivity index (χ4v) is 5.12. The summed E-state index contributed by atoms with van der Waals surface area (Å²) >= 11 is 0. The highest BCUT2D eigenvalue weighted by Crippen LogP contribution is 2.36. The second-order valence-corrected chi connectivity index (χ2v) is 8.79. The lowest BCUT2D eigenvalue weighted by Gasteiger charge is -2.39. The third-order valence-electron chi connectivity index (χ3n) is 6.73. The number of halogens is 1. The maximum absolute atomic E-state index is 13.0. The van der Waals surface area contributed by atoms with Crippen LogP contribution < -0.4 is 11.1 Å². The molecule has 2 saturated heterocycles. The Bertz CT molecular complexity index is 812. The summed E-state index contributed by atoms with van der Waals surface area (Å²) < 4.78 is 13.0. The summed E-state index contributed by atoms with van der Waals surface area (Å²) in [5.41, 5.74) is 8.60. The fraction of sp³-hybridized carbons (Fsp3) is 0.480. The van der Waals surface area contributed by atoms with E-state index < -0.39 is 0 Å². The molecule has 1 amide bonds. The van der Waals surface area contributed by atoms with Gasteiger partial charge in [0.05, 0.1) is 0 Å². The molecule has 2 aliphatic rings. The SMILES string of the molecule is N[C@@H](CCN1C2CCC1CC(NC(=O)CCc1ccc(F)cc1)C2)c1ccccc1. The van der Waals surface area contributed by atoms with Crippen LogP contribution in [0, 0.1) is 5.82 Å². The van der Waals surface area contributed by atoms with E-state index in [0.29, 0.717) is 24.9 Å². The maximum atomic E-state index is 13.0. The summed E-state index contributed by atoms with van der Waals surface area (Å²) in [7, 11) is 0. The highest BCUT2D eigenvalue weighted by molar-refractivity contribution is 5.76. The zero-order valence-electron chi connectivity index (χ0n) is 17.5. The molecule has 0 spiro atoms. The predicted molar refractivity (Wildman–Crippen MR) is 117 cm³/mol. The molecule has 30 heavy (non-hydrogen) atoms. The van der Waals surface area contributed by atoms with E-state index in [1.54, 1.807) is 12.1 Å². The van der Waals surface area contributed by atoms with E-state index in [1.807, 2.05) is 18.2 Å². The van der Waals surface area contributed by atoms with Gasteiger partial charge in [0, 0.05) is 37.1 Å². The Balaban J connectivity index is 1.22. The topological polar surface area (TPSA) is 58.4 Å². The number of benzene rings is 2. The molecule has 0 radical (unpaired) electrons. The lowest BCUT2D eigenvalue weighted by molar-refractivity contribution is -0.122. The van der Waals surface area contributed by atoms with E-state index in [0.717, 1.165) is 31.4 Å². The predicted octanol–water partition coefficient (Wildman–Crippen LogP) is 3.96. The van der Waals surface area contributed by atoms with Gasteiger partial charge in [0.1, 0.15) is 5.82 Å². The Hall–Kier alpha value is -2.24. The van der Waals surface area contributed by atoms with Crippen molar-refractivity contribution in [1.82, 2.24) is 10.2 Å². The van der Waals surface area contributed by atoms with Crippen LogP contribution in [0.1, 0.15) is 55.7 Å². The van der Waals surface area contributed by atoms with Crippen LogP contribution in [0.15, 0.2) is 54.6 Å². The van der Waals surface area contributed by atoms with E-state index in [4.69, 9.17) is 5.73 Å². The zero-order valence-corrected chi connectivity index (χ0v) is 17.5. The lowest BCUT2D eigenvalue weighted by atomic mass is 9.95. The summed E-state index contributed by atoms with van der Waals surface area (Å²) in [6, 6.07) is 18.2. The molecule has 4 rings (SSSR count). The minimum absolute atomic E-state index is 0.0782. The third kappa shape index (κ3) is 5.27. The van der Waals surface area contributed by atoms with Gasteiger partial charge in [-0.1, -0.05) is 42.5 Å². The Morgan fingerprint density at radius 2 is 1.73 bits per heavy atom. The highest BCUT2D eigenvalue weighted by atomic mass is 19.1. The number of nitrogens with zero attached hydrogens (tertiary/aromatic N) is 1. The number of carbonyl (C=O) groups is 1. The number of rotatable bonds is 8. The number of nitrogens with one attached hydrogen (secondary N) is 1. The largest absolute Gasteiger partial charge is 0.353 e. The molecular formula is C25H32FN3O. The van der Waals surface area contributed by atoms with Crippen LogP contribution in [0.3, 0.4) is 0 Å². The van der Waals surface area contributed by atoms with Gasteiger partial charge < -0.3 is 11.1 Å². The maximum Gasteiger partial charge on any atom is 0.220 e. The average molecular weight is 410 g/mol. The number of hydrogen-bond acceptors (Lipinski definition) is 3. The van der Waals surface area contributed by atoms with Crippen molar-refractivity contribution in [3.8, 4) is 0 Å². The van der Waals surface area contributed by atoms with Crippen LogP contribution in [-0.2, 0) is 11.2 Å². The van der Waals surface area contributed by atoms with Gasteiger partial charge in [-0.2, -0.15) is 0 Å². The molecule has 3 N–H and O–H groups in total. The Labute approximate surface area is 178 Å². The molecule has 2 aliphatic heterocycles. The summed E-state index contributed by atoms with van der Waals surface area (Å²) in [5, 5.41) is 3.25. The number of aryl methyl sites for hydroxylation is 1. The molecule has 0 saturated carbocycles. The fourth-order valence-electron chi connectivity index (χ4n) is 5.12. The zero-order chi connectivity index (χ0) is 20.9. The molecule has 160 valence electrons. The minimum atomic E-state index is -0.241. The van der Waals surface area contributed by atoms with Crippen LogP contribution in [-0.4, -0.2) is 35.5 Å². The van der Waals surface area contributed by atoms with Gasteiger partial charge in [-0.3, -0.25) is 9.69 Å². The number of hydrogen-bond donors (Lipinski definition) is 2. The van der Waals surface area contributed by atoms with Gasteiger partial charge in [0.2, 0.25) is 5.91 Å². The molecule has 5 heteroatoms. The van der Waals surface area contributed by atoms with Gasteiger partial charge in [-0.25, -0.2) is 4.39 Å². The normalized spacial score (nSPS) is 24.5. The molecule has 3 atom stereocenters. The molecule has 2 fully saturated rings. The standard InChI is InChI=1S/C25H32FN3O/c26-20-9-6-18(7-10-20)8-13-25(30)28-21-16-22-11-12-23(17-21)29(22)15-14-24(27)19-4-2-1-3-5-19/h1-7,9-10,21-24H,8,11-17,27H2,(H,28,30)/t21?,22?,23?,24-/m0/s1. The quantitative estimate of drug-likeness (QED) is 0.694. The van der Waals surface area contributed by atoms with E-state index in [-0.39, 0.29) is 23.8 Å². The molecule has 2 bridgehead atoms. The van der Waals surface area contributed by atoms with Crippen LogP contribution in [0.5, 0.6) is 0 Å². The monoisotopic (exact) mass is 409 g/mol. The second kappa shape index (κ2) is 9.71. The summed E-state index contributed by atoms with van der Waals surface area (Å²) in [5.74, 6) is -0.140. The number of piperidine rings is 1.